The van der Waals surface area contributed by atoms with Crippen LogP contribution in [-0.4, -0.2) is 31.9 Å². The molecule has 0 radical (unpaired) electrons. The smallest absolute Gasteiger partial charge is 0.328 e. The van der Waals surface area contributed by atoms with Crippen LogP contribution in [0.1, 0.15) is 18.9 Å². The molecule has 0 aliphatic heterocycles. The van der Waals surface area contributed by atoms with E-state index in [1.807, 2.05) is 6.92 Å². The van der Waals surface area contributed by atoms with Crippen molar-refractivity contribution in [1.82, 2.24) is 0 Å². The summed E-state index contributed by atoms with van der Waals surface area (Å²) in [6.07, 6.45) is 3.33. The molecule has 0 unspecified atom stereocenters. The maximum atomic E-state index is 10.6. The second-order valence-electron chi connectivity index (χ2n) is 4.32. The van der Waals surface area contributed by atoms with E-state index in [0.29, 0.717) is 29.4 Å². The molecule has 0 spiro atoms. The molecule has 1 N–H and O–H groups in total. The lowest BCUT2D eigenvalue weighted by Gasteiger charge is -2.15. The fourth-order valence-electron chi connectivity index (χ4n) is 1.58. The standard InChI is InChI=1S/C16H20O5/c1-5-11(2)10-21-16-13(19-3)8-12(6-7-15(17)18)9-14(16)20-4/h6-9H,2,5,10H2,1,3-4H3,(H,17,18). The summed E-state index contributed by atoms with van der Waals surface area (Å²) < 4.78 is 16.3. The Morgan fingerprint density at radius 3 is 2.29 bits per heavy atom. The Kier molecular flexibility index (Phi) is 6.33. The van der Waals surface area contributed by atoms with Crippen LogP contribution in [0.2, 0.25) is 0 Å². The summed E-state index contributed by atoms with van der Waals surface area (Å²) >= 11 is 0. The van der Waals surface area contributed by atoms with E-state index in [4.69, 9.17) is 19.3 Å². The summed E-state index contributed by atoms with van der Waals surface area (Å²) in [5.41, 5.74) is 1.60. The van der Waals surface area contributed by atoms with E-state index in [0.717, 1.165) is 18.1 Å². The van der Waals surface area contributed by atoms with Gasteiger partial charge in [0.05, 0.1) is 14.2 Å². The molecule has 0 amide bonds. The van der Waals surface area contributed by atoms with Gasteiger partial charge in [-0.25, -0.2) is 4.79 Å². The third-order valence-electron chi connectivity index (χ3n) is 2.82. The van der Waals surface area contributed by atoms with Crippen LogP contribution < -0.4 is 14.2 Å². The molecule has 1 aromatic rings. The highest BCUT2D eigenvalue weighted by Gasteiger charge is 2.13. The first-order chi connectivity index (χ1) is 10.0. The van der Waals surface area contributed by atoms with Crippen molar-refractivity contribution in [2.45, 2.75) is 13.3 Å². The summed E-state index contributed by atoms with van der Waals surface area (Å²) in [6.45, 7) is 6.25. The van der Waals surface area contributed by atoms with Gasteiger partial charge in [0.1, 0.15) is 6.61 Å². The van der Waals surface area contributed by atoms with Crippen molar-refractivity contribution in [2.24, 2.45) is 0 Å². The number of carbonyl (C=O) groups is 1. The second-order valence-corrected chi connectivity index (χ2v) is 4.32. The lowest BCUT2D eigenvalue weighted by Crippen LogP contribution is -2.03. The van der Waals surface area contributed by atoms with Crippen molar-refractivity contribution >= 4 is 12.0 Å². The Morgan fingerprint density at radius 2 is 1.86 bits per heavy atom. The minimum Gasteiger partial charge on any atom is -0.493 e. The minimum atomic E-state index is -1.02. The fraction of sp³-hybridized carbons (Fsp3) is 0.312. The van der Waals surface area contributed by atoms with Crippen LogP contribution in [0.25, 0.3) is 6.08 Å². The Hall–Kier alpha value is -2.43. The molecule has 5 nitrogen and oxygen atoms in total. The molecule has 0 atom stereocenters. The van der Waals surface area contributed by atoms with Gasteiger partial charge in [0.15, 0.2) is 11.5 Å². The van der Waals surface area contributed by atoms with Crippen LogP contribution in [0.4, 0.5) is 0 Å². The molecule has 21 heavy (non-hydrogen) atoms. The molecule has 1 aromatic carbocycles. The van der Waals surface area contributed by atoms with Crippen molar-refractivity contribution < 1.29 is 24.1 Å². The number of hydrogen-bond donors (Lipinski definition) is 1. The third kappa shape index (κ3) is 4.87. The zero-order valence-corrected chi connectivity index (χ0v) is 12.5. The number of carboxylic acid groups (broad SMARTS) is 1. The van der Waals surface area contributed by atoms with Crippen LogP contribution >= 0.6 is 0 Å². The summed E-state index contributed by atoms with van der Waals surface area (Å²) in [4.78, 5) is 10.6. The monoisotopic (exact) mass is 292 g/mol. The average molecular weight is 292 g/mol. The van der Waals surface area contributed by atoms with Crippen LogP contribution in [0, 0.1) is 0 Å². The quantitative estimate of drug-likeness (QED) is 0.589. The zero-order valence-electron chi connectivity index (χ0n) is 12.5. The van der Waals surface area contributed by atoms with Gasteiger partial charge in [-0.2, -0.15) is 0 Å². The molecule has 0 fully saturated rings. The summed E-state index contributed by atoms with van der Waals surface area (Å²) in [5, 5.41) is 8.67. The van der Waals surface area contributed by atoms with E-state index in [1.165, 1.54) is 20.3 Å². The number of hydrogen-bond acceptors (Lipinski definition) is 4. The topological polar surface area (TPSA) is 65.0 Å². The molecule has 0 aliphatic rings. The molecule has 1 rings (SSSR count). The normalized spacial score (nSPS) is 10.4. The van der Waals surface area contributed by atoms with Crippen molar-refractivity contribution in [2.75, 3.05) is 20.8 Å². The minimum absolute atomic E-state index is 0.369. The van der Waals surface area contributed by atoms with Crippen molar-refractivity contribution in [3.05, 3.63) is 35.9 Å². The number of methoxy groups -OCH3 is 2. The van der Waals surface area contributed by atoms with Crippen LogP contribution in [0.3, 0.4) is 0 Å². The maximum absolute atomic E-state index is 10.6. The van der Waals surface area contributed by atoms with E-state index < -0.39 is 5.97 Å². The van der Waals surface area contributed by atoms with Crippen molar-refractivity contribution in [3.8, 4) is 17.2 Å². The lowest BCUT2D eigenvalue weighted by molar-refractivity contribution is -0.131. The predicted molar refractivity (Wildman–Crippen MR) is 81.1 cm³/mol. The lowest BCUT2D eigenvalue weighted by atomic mass is 10.1. The van der Waals surface area contributed by atoms with E-state index >= 15 is 0 Å². The van der Waals surface area contributed by atoms with Crippen molar-refractivity contribution in [1.29, 1.82) is 0 Å². The van der Waals surface area contributed by atoms with Gasteiger partial charge in [0.2, 0.25) is 5.75 Å². The first-order valence-corrected chi connectivity index (χ1v) is 6.48. The van der Waals surface area contributed by atoms with Crippen molar-refractivity contribution in [3.63, 3.8) is 0 Å². The van der Waals surface area contributed by atoms with Gasteiger partial charge in [0, 0.05) is 6.08 Å². The summed E-state index contributed by atoms with van der Waals surface area (Å²) in [5.74, 6) is 0.404. The highest BCUT2D eigenvalue weighted by Crippen LogP contribution is 2.39. The maximum Gasteiger partial charge on any atom is 0.328 e. The number of carboxylic acids is 1. The Labute approximate surface area is 124 Å². The van der Waals surface area contributed by atoms with E-state index in [1.54, 1.807) is 12.1 Å². The van der Waals surface area contributed by atoms with Crippen LogP contribution in [0.15, 0.2) is 30.4 Å². The largest absolute Gasteiger partial charge is 0.493 e. The molecule has 0 aromatic heterocycles. The zero-order chi connectivity index (χ0) is 15.8. The molecular formula is C16H20O5. The molecule has 114 valence electrons. The Balaban J connectivity index is 3.12. The number of aliphatic carboxylic acids is 1. The summed E-state index contributed by atoms with van der Waals surface area (Å²) in [6, 6.07) is 3.37. The molecule has 0 aliphatic carbocycles. The second kappa shape index (κ2) is 7.99. The van der Waals surface area contributed by atoms with Gasteiger partial charge in [0.25, 0.3) is 0 Å². The van der Waals surface area contributed by atoms with E-state index in [9.17, 15) is 4.79 Å². The van der Waals surface area contributed by atoms with E-state index in [-0.39, 0.29) is 0 Å². The first-order valence-electron chi connectivity index (χ1n) is 6.48. The van der Waals surface area contributed by atoms with Crippen LogP contribution in [-0.2, 0) is 4.79 Å². The molecule has 0 saturated carbocycles. The van der Waals surface area contributed by atoms with Gasteiger partial charge >= 0.3 is 5.97 Å². The molecular weight excluding hydrogens is 272 g/mol. The number of benzene rings is 1. The average Bonchev–Trinajstić information content (AvgIpc) is 2.49. The molecule has 0 heterocycles. The third-order valence-corrected chi connectivity index (χ3v) is 2.82. The SMILES string of the molecule is C=C(CC)COc1c(OC)cc(C=CC(=O)O)cc1OC. The fourth-order valence-corrected chi connectivity index (χ4v) is 1.58. The molecule has 0 bridgehead atoms. The molecule has 5 heteroatoms. The van der Waals surface area contributed by atoms with Gasteiger partial charge in [-0.3, -0.25) is 0 Å². The van der Waals surface area contributed by atoms with Crippen LogP contribution in [0.5, 0.6) is 17.2 Å². The first kappa shape index (κ1) is 16.6. The van der Waals surface area contributed by atoms with Gasteiger partial charge in [-0.1, -0.05) is 13.5 Å². The number of ether oxygens (including phenoxy) is 3. The Morgan fingerprint density at radius 1 is 1.29 bits per heavy atom. The molecule has 0 saturated heterocycles. The van der Waals surface area contributed by atoms with E-state index in [2.05, 4.69) is 6.58 Å². The summed E-state index contributed by atoms with van der Waals surface area (Å²) in [7, 11) is 3.03. The Bertz CT molecular complexity index is 521. The van der Waals surface area contributed by atoms with Gasteiger partial charge in [-0.15, -0.1) is 0 Å². The highest BCUT2D eigenvalue weighted by molar-refractivity contribution is 5.85. The highest BCUT2D eigenvalue weighted by atomic mass is 16.5. The van der Waals surface area contributed by atoms with Gasteiger partial charge in [-0.05, 0) is 35.8 Å². The van der Waals surface area contributed by atoms with Gasteiger partial charge < -0.3 is 19.3 Å². The number of rotatable bonds is 8. The predicted octanol–water partition coefficient (Wildman–Crippen LogP) is 3.15.